The highest BCUT2D eigenvalue weighted by molar-refractivity contribution is 5.84. The average molecular weight is 282 g/mol. The van der Waals surface area contributed by atoms with Gasteiger partial charge >= 0.3 is 0 Å². The van der Waals surface area contributed by atoms with E-state index in [-0.39, 0.29) is 12.2 Å². The van der Waals surface area contributed by atoms with Crippen molar-refractivity contribution >= 4 is 5.91 Å². The van der Waals surface area contributed by atoms with E-state index in [1.165, 1.54) is 12.8 Å². The maximum absolute atomic E-state index is 12.5. The van der Waals surface area contributed by atoms with Crippen LogP contribution in [0, 0.1) is 11.8 Å². The van der Waals surface area contributed by atoms with Gasteiger partial charge in [-0.3, -0.25) is 10.1 Å². The van der Waals surface area contributed by atoms with Gasteiger partial charge in [-0.05, 0) is 38.0 Å². The second-order valence-electron chi connectivity index (χ2n) is 7.19. The zero-order valence-corrected chi connectivity index (χ0v) is 14.3. The monoisotopic (exact) mass is 282 g/mol. The highest BCUT2D eigenvalue weighted by atomic mass is 16.2. The largest absolute Gasteiger partial charge is 0.323 e. The van der Waals surface area contributed by atoms with E-state index in [4.69, 9.17) is 0 Å². The van der Waals surface area contributed by atoms with Gasteiger partial charge in [-0.15, -0.1) is 0 Å². The summed E-state index contributed by atoms with van der Waals surface area (Å²) >= 11 is 0. The van der Waals surface area contributed by atoms with Crippen molar-refractivity contribution in [2.75, 3.05) is 0 Å². The van der Waals surface area contributed by atoms with Crippen LogP contribution in [0.25, 0.3) is 0 Å². The molecule has 0 bridgehead atoms. The molecule has 1 rings (SSSR count). The standard InChI is InChI=1S/C17H34N2O/c1-7-15-17(20)19(16(18-15)11-13(4)5)14(6)10-8-9-12(2)3/h12-16,18H,7-11H2,1-6H3. The first-order chi connectivity index (χ1) is 9.36. The van der Waals surface area contributed by atoms with Crippen LogP contribution in [0.5, 0.6) is 0 Å². The Labute approximate surface area is 125 Å². The van der Waals surface area contributed by atoms with Crippen molar-refractivity contribution < 1.29 is 4.79 Å². The van der Waals surface area contributed by atoms with Crippen molar-refractivity contribution in [3.63, 3.8) is 0 Å². The Morgan fingerprint density at radius 3 is 2.25 bits per heavy atom. The van der Waals surface area contributed by atoms with Crippen LogP contribution in [-0.2, 0) is 4.79 Å². The van der Waals surface area contributed by atoms with E-state index in [0.717, 1.165) is 25.2 Å². The van der Waals surface area contributed by atoms with Crippen LogP contribution >= 0.6 is 0 Å². The van der Waals surface area contributed by atoms with E-state index in [9.17, 15) is 4.79 Å². The molecule has 3 nitrogen and oxygen atoms in total. The summed E-state index contributed by atoms with van der Waals surface area (Å²) in [6.07, 6.45) is 5.77. The Kier molecular flexibility index (Phi) is 7.01. The minimum absolute atomic E-state index is 0.0336. The summed E-state index contributed by atoms with van der Waals surface area (Å²) in [5, 5.41) is 3.53. The minimum Gasteiger partial charge on any atom is -0.323 e. The molecule has 3 unspecified atom stereocenters. The van der Waals surface area contributed by atoms with Crippen LogP contribution < -0.4 is 5.32 Å². The van der Waals surface area contributed by atoms with Crippen LogP contribution in [0.15, 0.2) is 0 Å². The van der Waals surface area contributed by atoms with E-state index in [1.54, 1.807) is 0 Å². The summed E-state index contributed by atoms with van der Waals surface area (Å²) in [5.74, 6) is 1.68. The third-order valence-corrected chi connectivity index (χ3v) is 4.26. The Hall–Kier alpha value is -0.570. The maximum atomic E-state index is 12.5. The summed E-state index contributed by atoms with van der Waals surface area (Å²) in [5.41, 5.74) is 0. The van der Waals surface area contributed by atoms with Crippen molar-refractivity contribution in [3.8, 4) is 0 Å². The second kappa shape index (κ2) is 8.02. The number of nitrogens with zero attached hydrogens (tertiary/aromatic N) is 1. The predicted molar refractivity (Wildman–Crippen MR) is 85.5 cm³/mol. The molecule has 1 fully saturated rings. The Morgan fingerprint density at radius 2 is 1.75 bits per heavy atom. The van der Waals surface area contributed by atoms with Gasteiger partial charge < -0.3 is 4.90 Å². The first kappa shape index (κ1) is 17.5. The van der Waals surface area contributed by atoms with Gasteiger partial charge in [0.1, 0.15) is 0 Å². The molecule has 1 heterocycles. The third-order valence-electron chi connectivity index (χ3n) is 4.26. The summed E-state index contributed by atoms with van der Waals surface area (Å²) in [6.45, 7) is 13.3. The predicted octanol–water partition coefficient (Wildman–Crippen LogP) is 3.78. The molecule has 1 aliphatic heterocycles. The lowest BCUT2D eigenvalue weighted by Gasteiger charge is -2.31. The Morgan fingerprint density at radius 1 is 1.10 bits per heavy atom. The van der Waals surface area contributed by atoms with Gasteiger partial charge in [-0.25, -0.2) is 0 Å². The molecule has 1 N–H and O–H groups in total. The highest BCUT2D eigenvalue weighted by Crippen LogP contribution is 2.24. The molecule has 0 saturated carbocycles. The molecule has 1 amide bonds. The zero-order valence-electron chi connectivity index (χ0n) is 14.3. The molecular weight excluding hydrogens is 248 g/mol. The van der Waals surface area contributed by atoms with Gasteiger partial charge in [0, 0.05) is 6.04 Å². The van der Waals surface area contributed by atoms with Gasteiger partial charge in [0.15, 0.2) is 0 Å². The number of hydrogen-bond acceptors (Lipinski definition) is 2. The van der Waals surface area contributed by atoms with Gasteiger partial charge in [-0.1, -0.05) is 47.5 Å². The van der Waals surface area contributed by atoms with E-state index in [2.05, 4.69) is 51.8 Å². The quantitative estimate of drug-likeness (QED) is 0.734. The van der Waals surface area contributed by atoms with Gasteiger partial charge in [0.2, 0.25) is 5.91 Å². The van der Waals surface area contributed by atoms with Crippen LogP contribution in [0.2, 0.25) is 0 Å². The highest BCUT2D eigenvalue weighted by Gasteiger charge is 2.39. The normalized spacial score (nSPS) is 25.0. The van der Waals surface area contributed by atoms with E-state index in [0.29, 0.717) is 17.9 Å². The SMILES string of the molecule is CCC1NC(CC(C)C)N(C(C)CCCC(C)C)C1=O. The summed E-state index contributed by atoms with van der Waals surface area (Å²) in [6, 6.07) is 0.389. The van der Waals surface area contributed by atoms with Crippen molar-refractivity contribution in [2.24, 2.45) is 11.8 Å². The number of nitrogens with one attached hydrogen (secondary N) is 1. The molecule has 20 heavy (non-hydrogen) atoms. The zero-order chi connectivity index (χ0) is 15.3. The van der Waals surface area contributed by atoms with E-state index >= 15 is 0 Å². The number of carbonyl (C=O) groups excluding carboxylic acids is 1. The lowest BCUT2D eigenvalue weighted by Crippen LogP contribution is -2.44. The molecule has 0 radical (unpaired) electrons. The van der Waals surface area contributed by atoms with Crippen LogP contribution in [-0.4, -0.2) is 29.1 Å². The van der Waals surface area contributed by atoms with Crippen LogP contribution in [0.3, 0.4) is 0 Å². The number of rotatable bonds is 8. The lowest BCUT2D eigenvalue weighted by molar-refractivity contribution is -0.132. The van der Waals surface area contributed by atoms with E-state index < -0.39 is 0 Å². The van der Waals surface area contributed by atoms with Gasteiger partial charge in [-0.2, -0.15) is 0 Å². The number of amides is 1. The summed E-state index contributed by atoms with van der Waals surface area (Å²) in [7, 11) is 0. The number of carbonyl (C=O) groups is 1. The molecule has 0 spiro atoms. The van der Waals surface area contributed by atoms with Crippen LogP contribution in [0.4, 0.5) is 0 Å². The minimum atomic E-state index is 0.0336. The first-order valence-electron chi connectivity index (χ1n) is 8.45. The smallest absolute Gasteiger partial charge is 0.241 e. The fourth-order valence-corrected chi connectivity index (χ4v) is 3.12. The molecule has 0 aromatic rings. The molecule has 3 atom stereocenters. The maximum Gasteiger partial charge on any atom is 0.241 e. The molecule has 118 valence electrons. The summed E-state index contributed by atoms with van der Waals surface area (Å²) in [4.78, 5) is 14.7. The molecule has 0 aromatic heterocycles. The van der Waals surface area contributed by atoms with Crippen molar-refractivity contribution in [3.05, 3.63) is 0 Å². The van der Waals surface area contributed by atoms with Gasteiger partial charge in [0.05, 0.1) is 12.2 Å². The fraction of sp³-hybridized carbons (Fsp3) is 0.941. The molecule has 3 heteroatoms. The third kappa shape index (κ3) is 4.76. The second-order valence-corrected chi connectivity index (χ2v) is 7.19. The lowest BCUT2D eigenvalue weighted by atomic mass is 10.0. The van der Waals surface area contributed by atoms with E-state index in [1.807, 2.05) is 0 Å². The average Bonchev–Trinajstić information content (AvgIpc) is 2.64. The summed E-state index contributed by atoms with van der Waals surface area (Å²) < 4.78 is 0. The Balaban J connectivity index is 2.63. The molecular formula is C17H34N2O. The molecule has 1 aliphatic rings. The van der Waals surface area contributed by atoms with Gasteiger partial charge in [0.25, 0.3) is 0 Å². The van der Waals surface area contributed by atoms with Crippen molar-refractivity contribution in [2.45, 2.75) is 91.9 Å². The first-order valence-corrected chi connectivity index (χ1v) is 8.45. The Bertz CT molecular complexity index is 301. The number of hydrogen-bond donors (Lipinski definition) is 1. The fourth-order valence-electron chi connectivity index (χ4n) is 3.12. The molecule has 0 aromatic carbocycles. The van der Waals surface area contributed by atoms with Crippen LogP contribution in [0.1, 0.15) is 73.6 Å². The topological polar surface area (TPSA) is 32.3 Å². The molecule has 1 saturated heterocycles. The van der Waals surface area contributed by atoms with Crippen molar-refractivity contribution in [1.82, 2.24) is 10.2 Å². The molecule has 0 aliphatic carbocycles. The van der Waals surface area contributed by atoms with Crippen molar-refractivity contribution in [1.29, 1.82) is 0 Å².